The molecule has 110 valence electrons. The van der Waals surface area contributed by atoms with Crippen LogP contribution in [0.2, 0.25) is 5.15 Å². The number of hydrogen-bond acceptors (Lipinski definition) is 2. The van der Waals surface area contributed by atoms with Crippen molar-refractivity contribution in [1.29, 1.82) is 0 Å². The van der Waals surface area contributed by atoms with Crippen molar-refractivity contribution >= 4 is 11.6 Å². The summed E-state index contributed by atoms with van der Waals surface area (Å²) >= 11 is 5.65. The summed E-state index contributed by atoms with van der Waals surface area (Å²) < 4.78 is 39.4. The summed E-state index contributed by atoms with van der Waals surface area (Å²) in [6, 6.07) is 0.344. The van der Waals surface area contributed by atoms with E-state index in [1.165, 1.54) is 6.42 Å². The molecular formula is C13H14ClF3N2O. The van der Waals surface area contributed by atoms with Crippen LogP contribution in [0.25, 0.3) is 0 Å². The van der Waals surface area contributed by atoms with E-state index in [1.807, 2.05) is 0 Å². The third-order valence-corrected chi connectivity index (χ3v) is 4.83. The average Bonchev–Trinajstić information content (AvgIpc) is 2.75. The third kappa shape index (κ3) is 2.24. The highest BCUT2D eigenvalue weighted by Gasteiger charge is 2.45. The molecule has 2 aliphatic carbocycles. The molecule has 1 atom stereocenters. The lowest BCUT2D eigenvalue weighted by Gasteiger charge is -2.38. The lowest BCUT2D eigenvalue weighted by molar-refractivity contribution is -0.139. The molecule has 0 N–H and O–H groups in total. The van der Waals surface area contributed by atoms with Gasteiger partial charge in [-0.05, 0) is 43.6 Å². The SMILES string of the molecule is O=c1c(C(F)(F)F)cc(Cl)nn1C1CCC2(CCC2)C1. The highest BCUT2D eigenvalue weighted by atomic mass is 35.5. The van der Waals surface area contributed by atoms with Gasteiger partial charge in [-0.1, -0.05) is 18.0 Å². The van der Waals surface area contributed by atoms with Gasteiger partial charge in [0.2, 0.25) is 0 Å². The molecule has 0 amide bonds. The van der Waals surface area contributed by atoms with Gasteiger partial charge in [0.1, 0.15) is 5.56 Å². The molecule has 2 saturated carbocycles. The van der Waals surface area contributed by atoms with Gasteiger partial charge in [-0.25, -0.2) is 4.68 Å². The zero-order chi connectivity index (χ0) is 14.5. The molecule has 2 aliphatic rings. The predicted molar refractivity (Wildman–Crippen MR) is 67.7 cm³/mol. The van der Waals surface area contributed by atoms with E-state index < -0.39 is 17.3 Å². The van der Waals surface area contributed by atoms with Gasteiger partial charge < -0.3 is 0 Å². The number of rotatable bonds is 1. The second-order valence-electron chi connectivity index (χ2n) is 5.88. The highest BCUT2D eigenvalue weighted by molar-refractivity contribution is 6.29. The van der Waals surface area contributed by atoms with Crippen molar-refractivity contribution < 1.29 is 13.2 Å². The Morgan fingerprint density at radius 3 is 2.55 bits per heavy atom. The predicted octanol–water partition coefficient (Wildman–Crippen LogP) is 3.81. The van der Waals surface area contributed by atoms with E-state index in [0.29, 0.717) is 12.5 Å². The van der Waals surface area contributed by atoms with E-state index in [2.05, 4.69) is 5.10 Å². The van der Waals surface area contributed by atoms with Crippen LogP contribution in [0.15, 0.2) is 10.9 Å². The van der Waals surface area contributed by atoms with Crippen molar-refractivity contribution in [2.24, 2.45) is 5.41 Å². The number of alkyl halides is 3. The van der Waals surface area contributed by atoms with Gasteiger partial charge in [0, 0.05) is 0 Å². The van der Waals surface area contributed by atoms with E-state index in [9.17, 15) is 18.0 Å². The molecule has 1 unspecified atom stereocenters. The van der Waals surface area contributed by atoms with Crippen LogP contribution >= 0.6 is 11.6 Å². The fraction of sp³-hybridized carbons (Fsp3) is 0.692. The first kappa shape index (κ1) is 13.9. The maximum Gasteiger partial charge on any atom is 0.421 e. The summed E-state index contributed by atoms with van der Waals surface area (Å²) in [5, 5.41) is 3.54. The monoisotopic (exact) mass is 306 g/mol. The summed E-state index contributed by atoms with van der Waals surface area (Å²) in [7, 11) is 0. The molecule has 0 aliphatic heterocycles. The van der Waals surface area contributed by atoms with Gasteiger partial charge in [-0.3, -0.25) is 4.79 Å². The lowest BCUT2D eigenvalue weighted by atomic mass is 9.67. The molecule has 3 nitrogen and oxygen atoms in total. The van der Waals surface area contributed by atoms with Crippen molar-refractivity contribution in [2.75, 3.05) is 0 Å². The fourth-order valence-corrected chi connectivity index (χ4v) is 3.64. The van der Waals surface area contributed by atoms with Crippen LogP contribution in [0.1, 0.15) is 50.1 Å². The van der Waals surface area contributed by atoms with Crippen LogP contribution in [0, 0.1) is 5.41 Å². The molecule has 20 heavy (non-hydrogen) atoms. The van der Waals surface area contributed by atoms with Gasteiger partial charge in [-0.15, -0.1) is 0 Å². The minimum absolute atomic E-state index is 0.229. The van der Waals surface area contributed by atoms with Crippen molar-refractivity contribution in [3.05, 3.63) is 27.1 Å². The molecule has 0 bridgehead atoms. The zero-order valence-corrected chi connectivity index (χ0v) is 11.5. The van der Waals surface area contributed by atoms with Crippen LogP contribution < -0.4 is 5.56 Å². The maximum absolute atomic E-state index is 12.8. The van der Waals surface area contributed by atoms with Gasteiger partial charge in [-0.2, -0.15) is 18.3 Å². The quantitative estimate of drug-likeness (QED) is 0.791. The lowest BCUT2D eigenvalue weighted by Crippen LogP contribution is -2.34. The average molecular weight is 307 g/mol. The maximum atomic E-state index is 12.8. The van der Waals surface area contributed by atoms with E-state index in [4.69, 9.17) is 11.6 Å². The van der Waals surface area contributed by atoms with Gasteiger partial charge in [0.15, 0.2) is 5.15 Å². The molecule has 2 fully saturated rings. The molecular weight excluding hydrogens is 293 g/mol. The molecule has 3 rings (SSSR count). The Hall–Kier alpha value is -1.04. The van der Waals surface area contributed by atoms with E-state index >= 15 is 0 Å². The van der Waals surface area contributed by atoms with Crippen LogP contribution in [0.4, 0.5) is 13.2 Å². The topological polar surface area (TPSA) is 34.9 Å². The zero-order valence-electron chi connectivity index (χ0n) is 10.7. The minimum atomic E-state index is -4.70. The number of nitrogens with zero attached hydrogens (tertiary/aromatic N) is 2. The Morgan fingerprint density at radius 2 is 2.05 bits per heavy atom. The normalized spacial score (nSPS) is 24.9. The Labute approximate surface area is 118 Å². The molecule has 0 radical (unpaired) electrons. The first-order valence-corrected chi connectivity index (χ1v) is 7.05. The molecule has 1 spiro atoms. The molecule has 1 aromatic rings. The summed E-state index contributed by atoms with van der Waals surface area (Å²) in [5.41, 5.74) is -2.08. The number of halogens is 4. The molecule has 1 heterocycles. The molecule has 7 heteroatoms. The van der Waals surface area contributed by atoms with Crippen LogP contribution in [-0.2, 0) is 6.18 Å². The Balaban J connectivity index is 1.98. The number of aromatic nitrogens is 2. The van der Waals surface area contributed by atoms with Gasteiger partial charge >= 0.3 is 6.18 Å². The van der Waals surface area contributed by atoms with Crippen LogP contribution in [0.3, 0.4) is 0 Å². The molecule has 0 saturated heterocycles. The smallest absolute Gasteiger partial charge is 0.267 e. The second kappa shape index (κ2) is 4.48. The van der Waals surface area contributed by atoms with Gasteiger partial charge in [0.05, 0.1) is 6.04 Å². The standard InChI is InChI=1S/C13H14ClF3N2O/c14-10-6-9(13(15,16)17)11(20)19(18-10)8-2-5-12(7-8)3-1-4-12/h6,8H,1-5,7H2. The third-order valence-electron chi connectivity index (χ3n) is 4.65. The van der Waals surface area contributed by atoms with Crippen molar-refractivity contribution in [3.8, 4) is 0 Å². The molecule has 0 aromatic carbocycles. The summed E-state index contributed by atoms with van der Waals surface area (Å²) in [6.45, 7) is 0. The first-order chi connectivity index (χ1) is 9.31. The summed E-state index contributed by atoms with van der Waals surface area (Å²) in [6.07, 6.45) is 1.06. The minimum Gasteiger partial charge on any atom is -0.267 e. The molecule has 1 aromatic heterocycles. The van der Waals surface area contributed by atoms with Crippen LogP contribution in [0.5, 0.6) is 0 Å². The van der Waals surface area contributed by atoms with E-state index in [0.717, 1.165) is 30.4 Å². The summed E-state index contributed by atoms with van der Waals surface area (Å²) in [4.78, 5) is 12.0. The van der Waals surface area contributed by atoms with Crippen molar-refractivity contribution in [2.45, 2.75) is 50.7 Å². The Kier molecular flexibility index (Phi) is 3.12. The Morgan fingerprint density at radius 1 is 1.35 bits per heavy atom. The van der Waals surface area contributed by atoms with Gasteiger partial charge in [0.25, 0.3) is 5.56 Å². The van der Waals surface area contributed by atoms with Crippen LogP contribution in [-0.4, -0.2) is 9.78 Å². The highest BCUT2D eigenvalue weighted by Crippen LogP contribution is 2.56. The summed E-state index contributed by atoms with van der Waals surface area (Å²) in [5.74, 6) is 0. The fourth-order valence-electron chi connectivity index (χ4n) is 3.45. The Bertz CT molecular complexity index is 592. The first-order valence-electron chi connectivity index (χ1n) is 6.67. The largest absolute Gasteiger partial charge is 0.421 e. The second-order valence-corrected chi connectivity index (χ2v) is 6.27. The van der Waals surface area contributed by atoms with Crippen molar-refractivity contribution in [3.63, 3.8) is 0 Å². The number of hydrogen-bond donors (Lipinski definition) is 0. The van der Waals surface area contributed by atoms with E-state index in [-0.39, 0.29) is 16.6 Å². The van der Waals surface area contributed by atoms with E-state index in [1.54, 1.807) is 0 Å². The van der Waals surface area contributed by atoms with Crippen molar-refractivity contribution in [1.82, 2.24) is 9.78 Å².